The van der Waals surface area contributed by atoms with Crippen molar-refractivity contribution in [3.05, 3.63) is 16.1 Å². The highest BCUT2D eigenvalue weighted by molar-refractivity contribution is 7.11. The Kier molecular flexibility index (Phi) is 2.09. The summed E-state index contributed by atoms with van der Waals surface area (Å²) in [5, 5.41) is 1.01. The zero-order chi connectivity index (χ0) is 8.48. The van der Waals surface area contributed by atoms with Crippen molar-refractivity contribution in [2.45, 2.75) is 26.2 Å². The van der Waals surface area contributed by atoms with E-state index in [4.69, 9.17) is 0 Å². The molecule has 1 aromatic rings. The number of carbonyl (C=O) groups is 1. The molecule has 0 amide bonds. The zero-order valence-electron chi connectivity index (χ0n) is 6.92. The van der Waals surface area contributed by atoms with Crippen LogP contribution in [-0.2, 0) is 10.2 Å². The molecule has 0 unspecified atom stereocenters. The molecule has 2 nitrogen and oxygen atoms in total. The summed E-state index contributed by atoms with van der Waals surface area (Å²) in [5.41, 5.74) is -0.369. The van der Waals surface area contributed by atoms with Crippen LogP contribution in [0.15, 0.2) is 6.20 Å². The van der Waals surface area contributed by atoms with Crippen LogP contribution in [0.5, 0.6) is 0 Å². The van der Waals surface area contributed by atoms with E-state index in [2.05, 4.69) is 4.98 Å². The normalized spacial score (nSPS) is 11.5. The summed E-state index contributed by atoms with van der Waals surface area (Å²) in [6.45, 7) is 5.73. The summed E-state index contributed by atoms with van der Waals surface area (Å²) in [7, 11) is 0. The lowest BCUT2D eigenvalue weighted by atomic mass is 9.95. The SMILES string of the molecule is Cc1ncc(C(C)(C)C=O)s1. The number of aldehydes is 1. The average Bonchev–Trinajstić information content (AvgIpc) is 2.36. The van der Waals surface area contributed by atoms with Gasteiger partial charge >= 0.3 is 0 Å². The van der Waals surface area contributed by atoms with Gasteiger partial charge in [-0.1, -0.05) is 0 Å². The van der Waals surface area contributed by atoms with Crippen molar-refractivity contribution < 1.29 is 4.79 Å². The fourth-order valence-corrected chi connectivity index (χ4v) is 1.56. The van der Waals surface area contributed by atoms with Crippen LogP contribution in [0, 0.1) is 6.92 Å². The Balaban J connectivity index is 3.01. The Labute approximate surface area is 70.3 Å². The quantitative estimate of drug-likeness (QED) is 0.633. The Bertz CT molecular complexity index is 265. The van der Waals surface area contributed by atoms with E-state index in [1.165, 1.54) is 0 Å². The van der Waals surface area contributed by atoms with E-state index in [0.717, 1.165) is 16.2 Å². The topological polar surface area (TPSA) is 30.0 Å². The molecular weight excluding hydrogens is 158 g/mol. The van der Waals surface area contributed by atoms with Crippen molar-refractivity contribution in [1.29, 1.82) is 0 Å². The van der Waals surface area contributed by atoms with Crippen LogP contribution in [0.2, 0.25) is 0 Å². The molecule has 0 bridgehead atoms. The first kappa shape index (κ1) is 8.40. The van der Waals surface area contributed by atoms with Gasteiger partial charge in [0.15, 0.2) is 0 Å². The first-order valence-corrected chi connectivity index (χ1v) is 4.27. The highest BCUT2D eigenvalue weighted by atomic mass is 32.1. The number of hydrogen-bond donors (Lipinski definition) is 0. The van der Waals surface area contributed by atoms with E-state index in [-0.39, 0.29) is 5.41 Å². The van der Waals surface area contributed by atoms with Gasteiger partial charge in [-0.05, 0) is 20.8 Å². The van der Waals surface area contributed by atoms with Crippen LogP contribution in [-0.4, -0.2) is 11.3 Å². The molecule has 11 heavy (non-hydrogen) atoms. The summed E-state index contributed by atoms with van der Waals surface area (Å²) >= 11 is 1.58. The molecular formula is C8H11NOS. The zero-order valence-corrected chi connectivity index (χ0v) is 7.73. The molecule has 0 atom stereocenters. The maximum absolute atomic E-state index is 10.6. The van der Waals surface area contributed by atoms with Crippen LogP contribution in [0.3, 0.4) is 0 Å². The molecule has 0 spiro atoms. The number of nitrogens with zero attached hydrogens (tertiary/aromatic N) is 1. The van der Waals surface area contributed by atoms with E-state index >= 15 is 0 Å². The Morgan fingerprint density at radius 1 is 1.64 bits per heavy atom. The van der Waals surface area contributed by atoms with Gasteiger partial charge < -0.3 is 4.79 Å². The van der Waals surface area contributed by atoms with E-state index in [0.29, 0.717) is 0 Å². The predicted octanol–water partition coefficient (Wildman–Crippen LogP) is 1.93. The fourth-order valence-electron chi connectivity index (χ4n) is 0.717. The smallest absolute Gasteiger partial charge is 0.130 e. The van der Waals surface area contributed by atoms with Crippen LogP contribution in [0.1, 0.15) is 23.7 Å². The fraction of sp³-hybridized carbons (Fsp3) is 0.500. The first-order chi connectivity index (χ1) is 5.06. The number of aryl methyl sites for hydroxylation is 1. The molecule has 0 saturated carbocycles. The molecule has 0 saturated heterocycles. The van der Waals surface area contributed by atoms with Gasteiger partial charge in [-0.25, -0.2) is 4.98 Å². The molecule has 0 aromatic carbocycles. The highest BCUT2D eigenvalue weighted by Crippen LogP contribution is 2.25. The minimum Gasteiger partial charge on any atom is -0.302 e. The van der Waals surface area contributed by atoms with Gasteiger partial charge in [0.2, 0.25) is 0 Å². The molecule has 0 N–H and O–H groups in total. The monoisotopic (exact) mass is 169 g/mol. The molecule has 0 aliphatic carbocycles. The van der Waals surface area contributed by atoms with Gasteiger partial charge in [-0.15, -0.1) is 11.3 Å². The second-order valence-corrected chi connectivity index (χ2v) is 4.32. The Hall–Kier alpha value is -0.700. The molecule has 1 heterocycles. The predicted molar refractivity (Wildman–Crippen MR) is 45.9 cm³/mol. The average molecular weight is 169 g/mol. The largest absolute Gasteiger partial charge is 0.302 e. The summed E-state index contributed by atoms with van der Waals surface area (Å²) < 4.78 is 0. The van der Waals surface area contributed by atoms with Gasteiger partial charge in [0, 0.05) is 11.1 Å². The second kappa shape index (κ2) is 2.74. The summed E-state index contributed by atoms with van der Waals surface area (Å²) in [4.78, 5) is 15.7. The van der Waals surface area contributed by atoms with Crippen molar-refractivity contribution in [3.8, 4) is 0 Å². The van der Waals surface area contributed by atoms with Crippen molar-refractivity contribution >= 4 is 17.6 Å². The van der Waals surface area contributed by atoms with Crippen molar-refractivity contribution in [2.24, 2.45) is 0 Å². The highest BCUT2D eigenvalue weighted by Gasteiger charge is 2.21. The first-order valence-electron chi connectivity index (χ1n) is 3.45. The summed E-state index contributed by atoms with van der Waals surface area (Å²) in [6, 6.07) is 0. The molecule has 0 radical (unpaired) electrons. The van der Waals surface area contributed by atoms with Gasteiger partial charge in [-0.3, -0.25) is 0 Å². The van der Waals surface area contributed by atoms with E-state index < -0.39 is 0 Å². The van der Waals surface area contributed by atoms with Crippen molar-refractivity contribution in [3.63, 3.8) is 0 Å². The third kappa shape index (κ3) is 1.66. The van der Waals surface area contributed by atoms with Gasteiger partial charge in [0.25, 0.3) is 0 Å². The Morgan fingerprint density at radius 3 is 2.64 bits per heavy atom. The molecule has 0 fully saturated rings. The molecule has 1 aromatic heterocycles. The van der Waals surface area contributed by atoms with Crippen LogP contribution in [0.4, 0.5) is 0 Å². The molecule has 3 heteroatoms. The van der Waals surface area contributed by atoms with E-state index in [1.54, 1.807) is 17.5 Å². The van der Waals surface area contributed by atoms with Crippen molar-refractivity contribution in [1.82, 2.24) is 4.98 Å². The lowest BCUT2D eigenvalue weighted by Gasteiger charge is -2.12. The van der Waals surface area contributed by atoms with Gasteiger partial charge in [0.05, 0.1) is 10.4 Å². The number of thiazole rings is 1. The molecule has 0 aliphatic heterocycles. The van der Waals surface area contributed by atoms with Crippen LogP contribution in [0.25, 0.3) is 0 Å². The third-order valence-electron chi connectivity index (χ3n) is 1.55. The maximum Gasteiger partial charge on any atom is 0.130 e. The van der Waals surface area contributed by atoms with Crippen molar-refractivity contribution in [2.75, 3.05) is 0 Å². The van der Waals surface area contributed by atoms with Crippen LogP contribution < -0.4 is 0 Å². The van der Waals surface area contributed by atoms with E-state index in [9.17, 15) is 4.79 Å². The summed E-state index contributed by atoms with van der Waals surface area (Å²) in [5.74, 6) is 0. The van der Waals surface area contributed by atoms with E-state index in [1.807, 2.05) is 20.8 Å². The number of hydrogen-bond acceptors (Lipinski definition) is 3. The van der Waals surface area contributed by atoms with Crippen LogP contribution >= 0.6 is 11.3 Å². The minimum atomic E-state index is -0.369. The standard InChI is InChI=1S/C8H11NOS/c1-6-9-4-7(11-6)8(2,3)5-10/h4-5H,1-3H3. The summed E-state index contributed by atoms with van der Waals surface area (Å²) in [6.07, 6.45) is 2.73. The number of rotatable bonds is 2. The molecule has 0 aliphatic rings. The minimum absolute atomic E-state index is 0.369. The second-order valence-electron chi connectivity index (χ2n) is 3.08. The molecule has 60 valence electrons. The van der Waals surface area contributed by atoms with Gasteiger partial charge in [0.1, 0.15) is 6.29 Å². The lowest BCUT2D eigenvalue weighted by molar-refractivity contribution is -0.111. The molecule has 1 rings (SSSR count). The number of carbonyl (C=O) groups excluding carboxylic acids is 1. The third-order valence-corrected chi connectivity index (χ3v) is 2.80. The van der Waals surface area contributed by atoms with Gasteiger partial charge in [-0.2, -0.15) is 0 Å². The number of aromatic nitrogens is 1. The lowest BCUT2D eigenvalue weighted by Crippen LogP contribution is -2.16. The maximum atomic E-state index is 10.6. The Morgan fingerprint density at radius 2 is 2.27 bits per heavy atom.